The highest BCUT2D eigenvalue weighted by Crippen LogP contribution is 2.36. The first-order valence-electron chi connectivity index (χ1n) is 11.8. The molecule has 1 unspecified atom stereocenters. The van der Waals surface area contributed by atoms with Crippen LogP contribution in [0.4, 0.5) is 5.69 Å². The third-order valence-corrected chi connectivity index (χ3v) is 6.76. The normalized spacial score (nSPS) is 17.9. The molecule has 2 aromatic carbocycles. The summed E-state index contributed by atoms with van der Waals surface area (Å²) in [6, 6.07) is 12.1. The fraction of sp³-hybridized carbons (Fsp3) is 0.333. The van der Waals surface area contributed by atoms with E-state index in [2.05, 4.69) is 0 Å². The van der Waals surface area contributed by atoms with E-state index in [0.29, 0.717) is 41.6 Å². The number of hydrogen-bond acceptors (Lipinski definition) is 7. The predicted octanol–water partition coefficient (Wildman–Crippen LogP) is 5.32. The number of aliphatic hydroxyl groups is 1. The molecule has 10 heteroatoms. The number of anilines is 1. The highest BCUT2D eigenvalue weighted by molar-refractivity contribution is 6.32. The number of hydrogen-bond donors (Lipinski definition) is 3. The van der Waals surface area contributed by atoms with Gasteiger partial charge in [0.1, 0.15) is 11.8 Å². The highest BCUT2D eigenvalue weighted by atomic mass is 35.5. The molecule has 8 nitrogen and oxygen atoms in total. The summed E-state index contributed by atoms with van der Waals surface area (Å²) in [4.78, 5) is 16.1. The van der Waals surface area contributed by atoms with Crippen molar-refractivity contribution >= 4 is 40.4 Å². The van der Waals surface area contributed by atoms with E-state index in [1.807, 2.05) is 30.6 Å². The Morgan fingerprint density at radius 2 is 2.00 bits per heavy atom. The molecule has 1 amide bonds. The van der Waals surface area contributed by atoms with Gasteiger partial charge in [0.15, 0.2) is 6.35 Å². The number of amides is 1. The number of carbonyl (C=O) groups excluding carboxylic acids is 1. The number of carbonyl (C=O) groups is 1. The number of benzene rings is 2. The van der Waals surface area contributed by atoms with Gasteiger partial charge in [-0.2, -0.15) is 5.26 Å². The van der Waals surface area contributed by atoms with E-state index in [0.717, 1.165) is 17.6 Å². The third-order valence-electron chi connectivity index (χ3n) is 6.15. The smallest absolute Gasteiger partial charge is 0.250 e. The van der Waals surface area contributed by atoms with E-state index in [1.54, 1.807) is 43.0 Å². The lowest BCUT2D eigenvalue weighted by molar-refractivity contribution is -0.123. The number of halogens is 2. The van der Waals surface area contributed by atoms with Gasteiger partial charge >= 0.3 is 0 Å². The van der Waals surface area contributed by atoms with Gasteiger partial charge in [-0.25, -0.2) is 4.90 Å². The summed E-state index contributed by atoms with van der Waals surface area (Å²) in [5.41, 5.74) is 3.54. The van der Waals surface area contributed by atoms with Crippen LogP contribution < -0.4 is 15.1 Å². The molecule has 0 aromatic heterocycles. The van der Waals surface area contributed by atoms with Crippen LogP contribution in [0.2, 0.25) is 10.0 Å². The van der Waals surface area contributed by atoms with E-state index >= 15 is 0 Å². The van der Waals surface area contributed by atoms with Crippen LogP contribution >= 0.6 is 23.2 Å². The van der Waals surface area contributed by atoms with Crippen molar-refractivity contribution in [1.29, 1.82) is 5.26 Å². The summed E-state index contributed by atoms with van der Waals surface area (Å²) in [5.74, 6) is 0.249. The van der Waals surface area contributed by atoms with Crippen LogP contribution in [-0.2, 0) is 4.79 Å². The number of nitrogens with zero attached hydrogens (tertiary/aromatic N) is 3. The average molecular weight is 545 g/mol. The van der Waals surface area contributed by atoms with E-state index in [-0.39, 0.29) is 10.9 Å². The zero-order chi connectivity index (χ0) is 27.2. The number of nitrogens with one attached hydrogen (secondary N) is 1. The molecule has 0 radical (unpaired) electrons. The van der Waals surface area contributed by atoms with Crippen LogP contribution in [0.1, 0.15) is 44.7 Å². The molecule has 0 aliphatic carbocycles. The van der Waals surface area contributed by atoms with Crippen molar-refractivity contribution in [3.8, 4) is 11.8 Å². The van der Waals surface area contributed by atoms with Crippen LogP contribution in [0.5, 0.6) is 5.75 Å². The summed E-state index contributed by atoms with van der Waals surface area (Å²) in [6.07, 6.45) is 5.34. The van der Waals surface area contributed by atoms with Crippen LogP contribution in [0.3, 0.4) is 0 Å². The number of nitriles is 1. The fourth-order valence-corrected chi connectivity index (χ4v) is 4.64. The standard InChI is InChI=1S/C27H30Cl2N4O4/c1-4-6-18(11-12-31-36)19-8-10-24(23(29)15-19)37-14-5-13-32-26(35)33(25(34)27(32,2)3)21-9-7-20(17-30)22(28)16-21/h6-12,15-16,26,31,35-36H,4-5,13-14H2,1-3H3/b12-11-,18-6+. The summed E-state index contributed by atoms with van der Waals surface area (Å²) >= 11 is 12.6. The maximum Gasteiger partial charge on any atom is 0.250 e. The van der Waals surface area contributed by atoms with Crippen molar-refractivity contribution in [2.24, 2.45) is 0 Å². The average Bonchev–Trinajstić information content (AvgIpc) is 3.03. The Kier molecular flexibility index (Phi) is 9.60. The second-order valence-corrected chi connectivity index (χ2v) is 9.74. The maximum absolute atomic E-state index is 13.2. The van der Waals surface area contributed by atoms with Crippen LogP contribution in [0, 0.1) is 11.3 Å². The number of hydroxylamine groups is 1. The Hall–Kier alpha value is -3.06. The summed E-state index contributed by atoms with van der Waals surface area (Å²) < 4.78 is 5.88. The molecule has 0 bridgehead atoms. The zero-order valence-corrected chi connectivity index (χ0v) is 22.4. The Labute approximate surface area is 226 Å². The lowest BCUT2D eigenvalue weighted by Crippen LogP contribution is -2.46. The molecular weight excluding hydrogens is 515 g/mol. The Morgan fingerprint density at radius 3 is 2.62 bits per heavy atom. The molecular formula is C27H30Cl2N4O4. The number of rotatable bonds is 10. The molecule has 1 heterocycles. The van der Waals surface area contributed by atoms with Crippen molar-refractivity contribution in [3.05, 3.63) is 75.9 Å². The summed E-state index contributed by atoms with van der Waals surface area (Å²) in [6.45, 7) is 6.23. The number of aliphatic hydroxyl groups excluding tert-OH is 1. The first-order chi connectivity index (χ1) is 17.6. The largest absolute Gasteiger partial charge is 0.492 e. The second-order valence-electron chi connectivity index (χ2n) is 8.93. The fourth-order valence-electron chi connectivity index (χ4n) is 4.18. The van der Waals surface area contributed by atoms with Crippen LogP contribution in [0.15, 0.2) is 54.8 Å². The second kappa shape index (κ2) is 12.5. The Bertz CT molecular complexity index is 1240. The quantitative estimate of drug-likeness (QED) is 0.211. The van der Waals surface area contributed by atoms with E-state index < -0.39 is 11.9 Å². The maximum atomic E-state index is 13.2. The van der Waals surface area contributed by atoms with E-state index in [9.17, 15) is 9.90 Å². The molecule has 37 heavy (non-hydrogen) atoms. The predicted molar refractivity (Wildman–Crippen MR) is 144 cm³/mol. The van der Waals surface area contributed by atoms with Crippen molar-refractivity contribution < 1.29 is 19.8 Å². The third kappa shape index (κ3) is 6.27. The molecule has 2 aromatic rings. The molecule has 0 spiro atoms. The minimum absolute atomic E-state index is 0.214. The molecule has 3 rings (SSSR count). The van der Waals surface area contributed by atoms with E-state index in [4.69, 9.17) is 38.4 Å². The van der Waals surface area contributed by atoms with Gasteiger partial charge in [-0.05, 0) is 74.2 Å². The van der Waals surface area contributed by atoms with Gasteiger partial charge in [-0.1, -0.05) is 42.3 Å². The summed E-state index contributed by atoms with van der Waals surface area (Å²) in [7, 11) is 0. The number of allylic oxidation sites excluding steroid dienone is 3. The van der Waals surface area contributed by atoms with Gasteiger partial charge in [-0.3, -0.25) is 20.4 Å². The van der Waals surface area contributed by atoms with Gasteiger partial charge in [0.25, 0.3) is 0 Å². The topological polar surface area (TPSA) is 109 Å². The molecule has 1 aliphatic heterocycles. The van der Waals surface area contributed by atoms with Crippen molar-refractivity contribution in [2.75, 3.05) is 18.1 Å². The molecule has 1 aliphatic rings. The Balaban J connectivity index is 1.65. The molecule has 196 valence electrons. The van der Waals surface area contributed by atoms with Gasteiger partial charge in [0.2, 0.25) is 5.91 Å². The van der Waals surface area contributed by atoms with E-state index in [1.165, 1.54) is 23.2 Å². The van der Waals surface area contributed by atoms with Gasteiger partial charge < -0.3 is 9.84 Å². The SMILES string of the molecule is CC/C=C(\C=C/NO)c1ccc(OCCCN2C(O)N(c3ccc(C#N)c(Cl)c3)C(=O)C2(C)C)c(Cl)c1. The van der Waals surface area contributed by atoms with Crippen molar-refractivity contribution in [3.63, 3.8) is 0 Å². The zero-order valence-electron chi connectivity index (χ0n) is 20.9. The Morgan fingerprint density at radius 1 is 1.24 bits per heavy atom. The van der Waals surface area contributed by atoms with Gasteiger partial charge in [0, 0.05) is 18.4 Å². The first-order valence-corrected chi connectivity index (χ1v) is 12.6. The molecule has 1 atom stereocenters. The summed E-state index contributed by atoms with van der Waals surface area (Å²) in [5, 5.41) is 29.6. The minimum Gasteiger partial charge on any atom is -0.492 e. The highest BCUT2D eigenvalue weighted by Gasteiger charge is 2.51. The van der Waals surface area contributed by atoms with Crippen LogP contribution in [0.25, 0.3) is 5.57 Å². The van der Waals surface area contributed by atoms with Crippen LogP contribution in [-0.4, -0.2) is 46.2 Å². The number of ether oxygens (including phenoxy) is 1. The first kappa shape index (κ1) is 28.5. The van der Waals surface area contributed by atoms with Gasteiger partial charge in [0.05, 0.1) is 27.8 Å². The molecule has 0 saturated carbocycles. The lowest BCUT2D eigenvalue weighted by Gasteiger charge is -2.30. The lowest BCUT2D eigenvalue weighted by atomic mass is 10.0. The van der Waals surface area contributed by atoms with Crippen molar-refractivity contribution in [2.45, 2.75) is 45.5 Å². The monoisotopic (exact) mass is 544 g/mol. The molecule has 1 fully saturated rings. The van der Waals surface area contributed by atoms with Crippen molar-refractivity contribution in [1.82, 2.24) is 10.4 Å². The minimum atomic E-state index is -1.19. The molecule has 3 N–H and O–H groups in total. The molecule has 1 saturated heterocycles. The van der Waals surface area contributed by atoms with Gasteiger partial charge in [-0.15, -0.1) is 0 Å².